The minimum atomic E-state index is 0.0524. The molecule has 2 aliphatic rings. The summed E-state index contributed by atoms with van der Waals surface area (Å²) in [7, 11) is 1.96. The predicted octanol–water partition coefficient (Wildman–Crippen LogP) is 3.47. The molecule has 0 aromatic heterocycles. The van der Waals surface area contributed by atoms with Crippen molar-refractivity contribution in [3.05, 3.63) is 0 Å². The number of piperidine rings is 1. The number of nitrogens with one attached hydrogen (secondary N) is 1. The van der Waals surface area contributed by atoms with Crippen molar-refractivity contribution in [2.45, 2.75) is 77.3 Å². The first-order chi connectivity index (χ1) is 10.4. The maximum absolute atomic E-state index is 12.5. The quantitative estimate of drug-likeness (QED) is 0.863. The molecule has 0 aromatic carbocycles. The minimum absolute atomic E-state index is 0.0524. The number of rotatable bonds is 4. The number of hydrogen-bond acceptors (Lipinski definition) is 2. The molecule has 2 amide bonds. The first-order valence-corrected chi connectivity index (χ1v) is 9.16. The normalized spacial score (nSPS) is 27.5. The summed E-state index contributed by atoms with van der Waals surface area (Å²) in [6, 6.07) is 0.519. The van der Waals surface area contributed by atoms with E-state index in [1.807, 2.05) is 11.9 Å². The molecule has 22 heavy (non-hydrogen) atoms. The van der Waals surface area contributed by atoms with Gasteiger partial charge in [-0.3, -0.25) is 4.90 Å². The SMILES string of the molecule is CC1CCCC(N(C)C(=O)NCC(C)(C)N2CCCCC2)C1. The molecule has 0 bridgehead atoms. The Hall–Kier alpha value is -0.770. The molecule has 1 aliphatic heterocycles. The summed E-state index contributed by atoms with van der Waals surface area (Å²) in [5.74, 6) is 0.749. The molecule has 2 atom stereocenters. The molecule has 2 fully saturated rings. The Morgan fingerprint density at radius 1 is 1.18 bits per heavy atom. The zero-order valence-corrected chi connectivity index (χ0v) is 15.0. The van der Waals surface area contributed by atoms with Crippen molar-refractivity contribution >= 4 is 6.03 Å². The molecule has 2 unspecified atom stereocenters. The van der Waals surface area contributed by atoms with Crippen LogP contribution in [0.4, 0.5) is 4.79 Å². The summed E-state index contributed by atoms with van der Waals surface area (Å²) >= 11 is 0. The van der Waals surface area contributed by atoms with Crippen LogP contribution in [-0.2, 0) is 0 Å². The topological polar surface area (TPSA) is 35.6 Å². The third kappa shape index (κ3) is 4.61. The number of hydrogen-bond donors (Lipinski definition) is 1. The van der Waals surface area contributed by atoms with Gasteiger partial charge in [-0.05, 0) is 58.5 Å². The lowest BCUT2D eigenvalue weighted by Crippen LogP contribution is -2.55. The molecule has 0 aromatic rings. The standard InChI is InChI=1S/C18H35N3O/c1-15-9-8-10-16(13-15)20(4)17(22)19-14-18(2,3)21-11-6-5-7-12-21/h15-16H,5-14H2,1-4H3,(H,19,22). The predicted molar refractivity (Wildman–Crippen MR) is 92.1 cm³/mol. The van der Waals surface area contributed by atoms with Gasteiger partial charge in [0.05, 0.1) is 0 Å². The monoisotopic (exact) mass is 309 g/mol. The Bertz CT molecular complexity index is 363. The highest BCUT2D eigenvalue weighted by Crippen LogP contribution is 2.26. The van der Waals surface area contributed by atoms with Gasteiger partial charge >= 0.3 is 6.03 Å². The van der Waals surface area contributed by atoms with Crippen LogP contribution < -0.4 is 5.32 Å². The van der Waals surface area contributed by atoms with Gasteiger partial charge in [0.2, 0.25) is 0 Å². The van der Waals surface area contributed by atoms with E-state index in [9.17, 15) is 4.79 Å². The van der Waals surface area contributed by atoms with Crippen molar-refractivity contribution in [1.29, 1.82) is 0 Å². The molecule has 1 heterocycles. The Morgan fingerprint density at radius 3 is 2.50 bits per heavy atom. The fourth-order valence-corrected chi connectivity index (χ4v) is 3.95. The maximum Gasteiger partial charge on any atom is 0.317 e. The number of carbonyl (C=O) groups is 1. The van der Waals surface area contributed by atoms with Gasteiger partial charge < -0.3 is 10.2 Å². The molecule has 0 spiro atoms. The summed E-state index contributed by atoms with van der Waals surface area (Å²) in [5, 5.41) is 3.18. The van der Waals surface area contributed by atoms with Crippen LogP contribution >= 0.6 is 0 Å². The van der Waals surface area contributed by atoms with Crippen molar-refractivity contribution in [2.75, 3.05) is 26.7 Å². The van der Waals surface area contributed by atoms with Crippen molar-refractivity contribution in [1.82, 2.24) is 15.1 Å². The van der Waals surface area contributed by atoms with Gasteiger partial charge in [0, 0.05) is 25.2 Å². The molecule has 4 heteroatoms. The maximum atomic E-state index is 12.5. The summed E-state index contributed by atoms with van der Waals surface area (Å²) in [4.78, 5) is 16.9. The second-order valence-electron chi connectivity index (χ2n) is 8.06. The van der Waals surface area contributed by atoms with Crippen LogP contribution in [0.15, 0.2) is 0 Å². The van der Waals surface area contributed by atoms with E-state index >= 15 is 0 Å². The average Bonchev–Trinajstić information content (AvgIpc) is 2.53. The van der Waals surface area contributed by atoms with E-state index in [0.717, 1.165) is 25.3 Å². The van der Waals surface area contributed by atoms with Gasteiger partial charge in [-0.2, -0.15) is 0 Å². The van der Waals surface area contributed by atoms with Crippen molar-refractivity contribution in [3.63, 3.8) is 0 Å². The summed E-state index contributed by atoms with van der Waals surface area (Å²) < 4.78 is 0. The van der Waals surface area contributed by atoms with Crippen LogP contribution in [-0.4, -0.2) is 54.1 Å². The Kier molecular flexibility index (Phi) is 6.13. The molecule has 1 N–H and O–H groups in total. The van der Waals surface area contributed by atoms with Crippen molar-refractivity contribution in [3.8, 4) is 0 Å². The van der Waals surface area contributed by atoms with Crippen LogP contribution in [0.5, 0.6) is 0 Å². The van der Waals surface area contributed by atoms with E-state index in [1.165, 1.54) is 45.2 Å². The van der Waals surface area contributed by atoms with Crippen LogP contribution in [0.25, 0.3) is 0 Å². The smallest absolute Gasteiger partial charge is 0.317 e. The second-order valence-corrected chi connectivity index (χ2v) is 8.06. The van der Waals surface area contributed by atoms with Crippen molar-refractivity contribution < 1.29 is 4.79 Å². The zero-order chi connectivity index (χ0) is 16.2. The van der Waals surface area contributed by atoms with E-state index < -0.39 is 0 Å². The Labute approximate surface area is 136 Å². The second kappa shape index (κ2) is 7.67. The lowest BCUT2D eigenvalue weighted by atomic mass is 9.86. The number of amides is 2. The highest BCUT2D eigenvalue weighted by molar-refractivity contribution is 5.74. The largest absolute Gasteiger partial charge is 0.336 e. The van der Waals surface area contributed by atoms with E-state index in [1.54, 1.807) is 0 Å². The lowest BCUT2D eigenvalue weighted by molar-refractivity contribution is 0.0922. The van der Waals surface area contributed by atoms with Crippen LogP contribution in [0.3, 0.4) is 0 Å². The first kappa shape index (κ1) is 17.6. The number of likely N-dealkylation sites (tertiary alicyclic amines) is 1. The fraction of sp³-hybridized carbons (Fsp3) is 0.944. The molecule has 0 radical (unpaired) electrons. The molecule has 1 saturated heterocycles. The van der Waals surface area contributed by atoms with Gasteiger partial charge in [0.15, 0.2) is 0 Å². The number of nitrogens with zero attached hydrogens (tertiary/aromatic N) is 2. The molecule has 1 aliphatic carbocycles. The van der Waals surface area contributed by atoms with E-state index in [0.29, 0.717) is 6.04 Å². The van der Waals surface area contributed by atoms with Crippen LogP contribution in [0.1, 0.15) is 65.7 Å². The van der Waals surface area contributed by atoms with Gasteiger partial charge in [-0.25, -0.2) is 4.79 Å². The minimum Gasteiger partial charge on any atom is -0.336 e. The van der Waals surface area contributed by atoms with Gasteiger partial charge in [-0.15, -0.1) is 0 Å². The molecule has 2 rings (SSSR count). The van der Waals surface area contributed by atoms with E-state index in [4.69, 9.17) is 0 Å². The number of carbonyl (C=O) groups excluding carboxylic acids is 1. The highest BCUT2D eigenvalue weighted by atomic mass is 16.2. The lowest BCUT2D eigenvalue weighted by Gasteiger charge is -2.41. The summed E-state index contributed by atoms with van der Waals surface area (Å²) in [5.41, 5.74) is 0.0524. The highest BCUT2D eigenvalue weighted by Gasteiger charge is 2.30. The van der Waals surface area contributed by atoms with E-state index in [-0.39, 0.29) is 11.6 Å². The number of urea groups is 1. The molecule has 1 saturated carbocycles. The Balaban J connectivity index is 1.80. The third-order valence-corrected chi connectivity index (χ3v) is 5.66. The Morgan fingerprint density at radius 2 is 1.86 bits per heavy atom. The van der Waals surface area contributed by atoms with Gasteiger partial charge in [-0.1, -0.05) is 26.2 Å². The molecule has 128 valence electrons. The molecular weight excluding hydrogens is 274 g/mol. The fourth-order valence-electron chi connectivity index (χ4n) is 3.95. The third-order valence-electron chi connectivity index (χ3n) is 5.66. The summed E-state index contributed by atoms with van der Waals surface area (Å²) in [6.07, 6.45) is 8.80. The van der Waals surface area contributed by atoms with Gasteiger partial charge in [0.25, 0.3) is 0 Å². The molecular formula is C18H35N3O. The van der Waals surface area contributed by atoms with E-state index in [2.05, 4.69) is 31.0 Å². The van der Waals surface area contributed by atoms with Crippen LogP contribution in [0.2, 0.25) is 0 Å². The summed E-state index contributed by atoms with van der Waals surface area (Å²) in [6.45, 7) is 9.87. The zero-order valence-electron chi connectivity index (χ0n) is 15.0. The first-order valence-electron chi connectivity index (χ1n) is 9.16. The van der Waals surface area contributed by atoms with Gasteiger partial charge in [0.1, 0.15) is 0 Å². The molecule has 4 nitrogen and oxygen atoms in total. The average molecular weight is 309 g/mol. The van der Waals surface area contributed by atoms with Crippen LogP contribution in [0, 0.1) is 5.92 Å². The van der Waals surface area contributed by atoms with Crippen molar-refractivity contribution in [2.24, 2.45) is 5.92 Å².